The Balaban J connectivity index is 2.89. The Hall–Kier alpha value is -1.34. The molecule has 0 amide bonds. The molecule has 2 N–H and O–H groups in total. The van der Waals surface area contributed by atoms with Crippen molar-refractivity contribution in [1.82, 2.24) is 0 Å². The predicted octanol–water partition coefficient (Wildman–Crippen LogP) is 2.92. The first kappa shape index (κ1) is 9.22. The van der Waals surface area contributed by atoms with Crippen molar-refractivity contribution in [1.29, 1.82) is 0 Å². The molecule has 2 aromatic rings. The molecular weight excluding hydrogens is 170 g/mol. The van der Waals surface area contributed by atoms with Crippen molar-refractivity contribution in [2.45, 2.75) is 20.4 Å². The molecule has 0 aliphatic carbocycles. The van der Waals surface area contributed by atoms with E-state index in [4.69, 9.17) is 5.73 Å². The number of nitrogens with two attached hydrogens (primary N) is 1. The molecule has 0 saturated carbocycles. The Morgan fingerprint density at radius 1 is 1.14 bits per heavy atom. The summed E-state index contributed by atoms with van der Waals surface area (Å²) in [6.07, 6.45) is 0. The van der Waals surface area contributed by atoms with E-state index in [-0.39, 0.29) is 0 Å². The summed E-state index contributed by atoms with van der Waals surface area (Å²) < 4.78 is 0. The normalized spacial score (nSPS) is 10.8. The molecule has 1 heteroatoms. The first-order valence-electron chi connectivity index (χ1n) is 4.92. The van der Waals surface area contributed by atoms with Crippen molar-refractivity contribution < 1.29 is 0 Å². The Morgan fingerprint density at radius 3 is 2.57 bits per heavy atom. The van der Waals surface area contributed by atoms with Gasteiger partial charge >= 0.3 is 0 Å². The largest absolute Gasteiger partial charge is 0.326 e. The third-order valence-electron chi connectivity index (χ3n) is 2.91. The Kier molecular flexibility index (Phi) is 2.26. The molecule has 2 aromatic carbocycles. The molecular formula is C13H15N. The minimum Gasteiger partial charge on any atom is -0.326 e. The second-order valence-electron chi connectivity index (χ2n) is 3.72. The molecule has 0 aliphatic rings. The molecule has 2 rings (SSSR count). The minimum atomic E-state index is 0.619. The van der Waals surface area contributed by atoms with Gasteiger partial charge in [0.1, 0.15) is 0 Å². The molecule has 0 unspecified atom stereocenters. The summed E-state index contributed by atoms with van der Waals surface area (Å²) in [5.41, 5.74) is 9.71. The van der Waals surface area contributed by atoms with Gasteiger partial charge in [-0.2, -0.15) is 0 Å². The van der Waals surface area contributed by atoms with E-state index in [9.17, 15) is 0 Å². The zero-order chi connectivity index (χ0) is 10.1. The molecule has 0 spiro atoms. The van der Waals surface area contributed by atoms with E-state index in [0.29, 0.717) is 6.54 Å². The number of hydrogen-bond donors (Lipinski definition) is 1. The van der Waals surface area contributed by atoms with Gasteiger partial charge in [0.05, 0.1) is 0 Å². The monoisotopic (exact) mass is 185 g/mol. The Morgan fingerprint density at radius 2 is 1.86 bits per heavy atom. The van der Waals surface area contributed by atoms with Gasteiger partial charge in [-0.25, -0.2) is 0 Å². The standard InChI is InChI=1S/C13H15N/c1-9-7-11-5-3-4-6-12(11)13(8-14)10(9)2/h3-7H,8,14H2,1-2H3. The van der Waals surface area contributed by atoms with Crippen LogP contribution in [0.3, 0.4) is 0 Å². The molecule has 0 atom stereocenters. The highest BCUT2D eigenvalue weighted by Gasteiger charge is 2.05. The summed E-state index contributed by atoms with van der Waals surface area (Å²) >= 11 is 0. The second kappa shape index (κ2) is 3.43. The average Bonchev–Trinajstić information content (AvgIpc) is 2.20. The molecule has 72 valence electrons. The lowest BCUT2D eigenvalue weighted by molar-refractivity contribution is 1.06. The highest BCUT2D eigenvalue weighted by atomic mass is 14.5. The van der Waals surface area contributed by atoms with Crippen LogP contribution in [0.5, 0.6) is 0 Å². The van der Waals surface area contributed by atoms with E-state index >= 15 is 0 Å². The van der Waals surface area contributed by atoms with Crippen molar-refractivity contribution in [3.63, 3.8) is 0 Å². The van der Waals surface area contributed by atoms with Crippen molar-refractivity contribution in [3.05, 3.63) is 47.0 Å². The van der Waals surface area contributed by atoms with Crippen molar-refractivity contribution in [3.8, 4) is 0 Å². The molecule has 0 aliphatic heterocycles. The Labute approximate surface area is 84.5 Å². The topological polar surface area (TPSA) is 26.0 Å². The molecule has 0 heterocycles. The van der Waals surface area contributed by atoms with Gasteiger partial charge in [-0.3, -0.25) is 0 Å². The summed E-state index contributed by atoms with van der Waals surface area (Å²) in [4.78, 5) is 0. The molecule has 0 bridgehead atoms. The van der Waals surface area contributed by atoms with Gasteiger partial charge in [-0.15, -0.1) is 0 Å². The zero-order valence-electron chi connectivity index (χ0n) is 8.67. The number of hydrogen-bond acceptors (Lipinski definition) is 1. The fraction of sp³-hybridized carbons (Fsp3) is 0.231. The van der Waals surface area contributed by atoms with Crippen LogP contribution < -0.4 is 5.73 Å². The highest BCUT2D eigenvalue weighted by molar-refractivity contribution is 5.87. The summed E-state index contributed by atoms with van der Waals surface area (Å²) in [7, 11) is 0. The average molecular weight is 185 g/mol. The zero-order valence-corrected chi connectivity index (χ0v) is 8.67. The first-order chi connectivity index (χ1) is 6.74. The maximum Gasteiger partial charge on any atom is 0.0187 e. The fourth-order valence-corrected chi connectivity index (χ4v) is 1.94. The smallest absolute Gasteiger partial charge is 0.0187 e. The van der Waals surface area contributed by atoms with E-state index < -0.39 is 0 Å². The summed E-state index contributed by atoms with van der Waals surface area (Å²) in [6.45, 7) is 4.90. The third kappa shape index (κ3) is 1.30. The Bertz CT molecular complexity index is 472. The molecule has 14 heavy (non-hydrogen) atoms. The SMILES string of the molecule is Cc1cc2ccccc2c(CN)c1C. The quantitative estimate of drug-likeness (QED) is 0.726. The lowest BCUT2D eigenvalue weighted by atomic mass is 9.96. The van der Waals surface area contributed by atoms with Gasteiger partial charge in [0.15, 0.2) is 0 Å². The maximum absolute atomic E-state index is 5.79. The lowest BCUT2D eigenvalue weighted by Gasteiger charge is -2.11. The van der Waals surface area contributed by atoms with Gasteiger partial charge < -0.3 is 5.73 Å². The third-order valence-corrected chi connectivity index (χ3v) is 2.91. The number of fused-ring (bicyclic) bond motifs is 1. The molecule has 0 fully saturated rings. The lowest BCUT2D eigenvalue weighted by Crippen LogP contribution is -2.01. The van der Waals surface area contributed by atoms with Gasteiger partial charge in [0.25, 0.3) is 0 Å². The van der Waals surface area contributed by atoms with Gasteiger partial charge in [-0.05, 0) is 41.3 Å². The van der Waals surface area contributed by atoms with Crippen LogP contribution in [0.2, 0.25) is 0 Å². The number of rotatable bonds is 1. The maximum atomic E-state index is 5.79. The summed E-state index contributed by atoms with van der Waals surface area (Å²) in [5.74, 6) is 0. The van der Waals surface area contributed by atoms with E-state index in [1.165, 1.54) is 27.5 Å². The molecule has 0 saturated heterocycles. The highest BCUT2D eigenvalue weighted by Crippen LogP contribution is 2.24. The van der Waals surface area contributed by atoms with Crippen LogP contribution in [0.1, 0.15) is 16.7 Å². The van der Waals surface area contributed by atoms with Crippen molar-refractivity contribution in [2.75, 3.05) is 0 Å². The number of aryl methyl sites for hydroxylation is 1. The van der Waals surface area contributed by atoms with Gasteiger partial charge in [-0.1, -0.05) is 30.3 Å². The van der Waals surface area contributed by atoms with Crippen molar-refractivity contribution >= 4 is 10.8 Å². The van der Waals surface area contributed by atoms with E-state index in [1.807, 2.05) is 0 Å². The van der Waals surface area contributed by atoms with Crippen molar-refractivity contribution in [2.24, 2.45) is 5.73 Å². The predicted molar refractivity (Wildman–Crippen MR) is 61.3 cm³/mol. The first-order valence-corrected chi connectivity index (χ1v) is 4.92. The van der Waals surface area contributed by atoms with E-state index in [0.717, 1.165) is 0 Å². The van der Waals surface area contributed by atoms with Crippen LogP contribution in [0.15, 0.2) is 30.3 Å². The van der Waals surface area contributed by atoms with Crippen LogP contribution in [0, 0.1) is 13.8 Å². The van der Waals surface area contributed by atoms with Crippen LogP contribution in [-0.4, -0.2) is 0 Å². The van der Waals surface area contributed by atoms with Crippen LogP contribution in [-0.2, 0) is 6.54 Å². The number of benzene rings is 2. The van der Waals surface area contributed by atoms with Crippen LogP contribution >= 0.6 is 0 Å². The molecule has 1 nitrogen and oxygen atoms in total. The molecule has 0 aromatic heterocycles. The van der Waals surface area contributed by atoms with E-state index in [2.05, 4.69) is 44.2 Å². The summed E-state index contributed by atoms with van der Waals surface area (Å²) in [5, 5.41) is 2.58. The second-order valence-corrected chi connectivity index (χ2v) is 3.72. The molecule has 0 radical (unpaired) electrons. The van der Waals surface area contributed by atoms with E-state index in [1.54, 1.807) is 0 Å². The van der Waals surface area contributed by atoms with Gasteiger partial charge in [0, 0.05) is 6.54 Å². The summed E-state index contributed by atoms with van der Waals surface area (Å²) in [6, 6.07) is 10.6. The fourth-order valence-electron chi connectivity index (χ4n) is 1.94. The van der Waals surface area contributed by atoms with Gasteiger partial charge in [0.2, 0.25) is 0 Å². The van der Waals surface area contributed by atoms with Crippen LogP contribution in [0.25, 0.3) is 10.8 Å². The minimum absolute atomic E-state index is 0.619. The van der Waals surface area contributed by atoms with Crippen LogP contribution in [0.4, 0.5) is 0 Å².